The summed E-state index contributed by atoms with van der Waals surface area (Å²) in [6.45, 7) is 0. The second kappa shape index (κ2) is 2.43. The Bertz CT molecular complexity index is 237. The second-order valence-electron chi connectivity index (χ2n) is 1.77. The lowest BCUT2D eigenvalue weighted by Gasteiger charge is -2.02. The van der Waals surface area contributed by atoms with Crippen molar-refractivity contribution in [2.45, 2.75) is 0 Å². The maximum atomic E-state index is 8.96. The fourth-order valence-electron chi connectivity index (χ4n) is 0.604. The van der Waals surface area contributed by atoms with Crippen LogP contribution in [0.2, 0.25) is 0 Å². The molecule has 0 saturated heterocycles. The number of ether oxygens (including phenoxy) is 1. The third kappa shape index (κ3) is 0.953. The van der Waals surface area contributed by atoms with Gasteiger partial charge in [0.1, 0.15) is 5.69 Å². The molecular weight excluding hydrogens is 132 g/mol. The Hall–Kier alpha value is -1.45. The van der Waals surface area contributed by atoms with E-state index >= 15 is 0 Å². The highest BCUT2D eigenvalue weighted by Crippen LogP contribution is 2.27. The number of pyridine rings is 1. The largest absolute Gasteiger partial charge is 0.504 e. The van der Waals surface area contributed by atoms with Gasteiger partial charge in [0.2, 0.25) is 0 Å². The number of nitrogen functional groups attached to an aromatic ring is 1. The summed E-state index contributed by atoms with van der Waals surface area (Å²) in [7, 11) is 1.47. The summed E-state index contributed by atoms with van der Waals surface area (Å²) in [5.74, 6) is 0.333. The van der Waals surface area contributed by atoms with Gasteiger partial charge in [-0.1, -0.05) is 0 Å². The Balaban J connectivity index is 3.14. The first kappa shape index (κ1) is 6.67. The molecule has 0 aromatic carbocycles. The number of nitrogens with zero attached hydrogens (tertiary/aromatic N) is 1. The number of hydrogen-bond donors (Lipinski definition) is 2. The molecule has 10 heavy (non-hydrogen) atoms. The highest BCUT2D eigenvalue weighted by atomic mass is 16.5. The van der Waals surface area contributed by atoms with Crippen LogP contribution in [0.5, 0.6) is 11.5 Å². The van der Waals surface area contributed by atoms with Crippen molar-refractivity contribution in [3.8, 4) is 11.5 Å². The molecule has 1 rings (SSSR count). The molecule has 0 spiro atoms. The summed E-state index contributed by atoms with van der Waals surface area (Å²) in [6.07, 6.45) is 2.70. The molecule has 4 heteroatoms. The molecule has 0 saturated carbocycles. The first-order chi connectivity index (χ1) is 4.75. The molecule has 1 heterocycles. The molecule has 0 amide bonds. The van der Waals surface area contributed by atoms with Crippen molar-refractivity contribution in [1.82, 2.24) is 4.98 Å². The zero-order chi connectivity index (χ0) is 7.56. The summed E-state index contributed by atoms with van der Waals surface area (Å²) in [6, 6.07) is 0. The molecule has 0 aliphatic carbocycles. The molecular formula is C6H8N2O2. The first-order valence-corrected chi connectivity index (χ1v) is 2.72. The van der Waals surface area contributed by atoms with Gasteiger partial charge in [-0.2, -0.15) is 0 Å². The number of aromatic nitrogens is 1. The number of methoxy groups -OCH3 is 1. The zero-order valence-corrected chi connectivity index (χ0v) is 5.53. The van der Waals surface area contributed by atoms with E-state index in [0.717, 1.165) is 0 Å². The molecule has 1 aromatic rings. The van der Waals surface area contributed by atoms with Gasteiger partial charge in [-0.15, -0.1) is 0 Å². The normalized spacial score (nSPS) is 9.30. The molecule has 0 aliphatic heterocycles. The number of nitrogens with two attached hydrogens (primary N) is 1. The van der Waals surface area contributed by atoms with E-state index in [1.807, 2.05) is 0 Å². The third-order valence-electron chi connectivity index (χ3n) is 1.15. The zero-order valence-electron chi connectivity index (χ0n) is 5.53. The lowest BCUT2D eigenvalue weighted by molar-refractivity contribution is 0.408. The van der Waals surface area contributed by atoms with Crippen LogP contribution in [-0.2, 0) is 0 Å². The lowest BCUT2D eigenvalue weighted by Crippen LogP contribution is -1.92. The maximum Gasteiger partial charge on any atom is 0.163 e. The van der Waals surface area contributed by atoms with E-state index in [2.05, 4.69) is 4.98 Å². The van der Waals surface area contributed by atoms with Gasteiger partial charge in [-0.05, 0) is 0 Å². The number of rotatable bonds is 1. The molecule has 54 valence electrons. The average Bonchev–Trinajstić information content (AvgIpc) is 1.95. The maximum absolute atomic E-state index is 8.96. The Morgan fingerprint density at radius 3 is 2.80 bits per heavy atom. The van der Waals surface area contributed by atoms with Crippen molar-refractivity contribution >= 4 is 5.69 Å². The number of anilines is 1. The van der Waals surface area contributed by atoms with E-state index in [9.17, 15) is 0 Å². The Kier molecular flexibility index (Phi) is 1.62. The summed E-state index contributed by atoms with van der Waals surface area (Å²) in [5.41, 5.74) is 5.60. The van der Waals surface area contributed by atoms with Crippen LogP contribution >= 0.6 is 0 Å². The Morgan fingerprint density at radius 1 is 1.60 bits per heavy atom. The van der Waals surface area contributed by atoms with Gasteiger partial charge in [0.15, 0.2) is 11.5 Å². The van der Waals surface area contributed by atoms with Crippen molar-refractivity contribution in [2.75, 3.05) is 12.8 Å². The van der Waals surface area contributed by atoms with Crippen LogP contribution in [0.25, 0.3) is 0 Å². The monoisotopic (exact) mass is 140 g/mol. The molecule has 0 atom stereocenters. The van der Waals surface area contributed by atoms with Crippen LogP contribution in [0.1, 0.15) is 0 Å². The number of aromatic hydroxyl groups is 1. The van der Waals surface area contributed by atoms with Crippen LogP contribution in [0.3, 0.4) is 0 Å². The van der Waals surface area contributed by atoms with E-state index in [-0.39, 0.29) is 11.4 Å². The fourth-order valence-corrected chi connectivity index (χ4v) is 0.604. The third-order valence-corrected chi connectivity index (χ3v) is 1.15. The van der Waals surface area contributed by atoms with Crippen LogP contribution in [0.4, 0.5) is 5.69 Å². The van der Waals surface area contributed by atoms with Gasteiger partial charge in [0.25, 0.3) is 0 Å². The summed E-state index contributed by atoms with van der Waals surface area (Å²) < 4.78 is 4.78. The van der Waals surface area contributed by atoms with Crippen LogP contribution in [0, 0.1) is 0 Å². The minimum Gasteiger partial charge on any atom is -0.504 e. The quantitative estimate of drug-likeness (QED) is 0.591. The Labute approximate surface area is 58.3 Å². The van der Waals surface area contributed by atoms with Gasteiger partial charge in [0, 0.05) is 0 Å². The fraction of sp³-hybridized carbons (Fsp3) is 0.167. The van der Waals surface area contributed by atoms with Gasteiger partial charge in [-0.25, -0.2) is 0 Å². The molecule has 0 aliphatic rings. The van der Waals surface area contributed by atoms with Crippen LogP contribution < -0.4 is 10.5 Å². The van der Waals surface area contributed by atoms with Crippen LogP contribution in [0.15, 0.2) is 12.4 Å². The van der Waals surface area contributed by atoms with Crippen molar-refractivity contribution in [1.29, 1.82) is 0 Å². The molecule has 0 fully saturated rings. The summed E-state index contributed by atoms with van der Waals surface area (Å²) >= 11 is 0. The standard InChI is InChI=1S/C6H8N2O2/c1-10-5-3-8-2-4(9)6(5)7/h2-3,9H,1H3,(H2,7,8). The molecule has 0 unspecified atom stereocenters. The summed E-state index contributed by atoms with van der Waals surface area (Å²) in [5, 5.41) is 8.96. The first-order valence-electron chi connectivity index (χ1n) is 2.72. The van der Waals surface area contributed by atoms with Crippen molar-refractivity contribution in [3.63, 3.8) is 0 Å². The molecule has 1 aromatic heterocycles. The van der Waals surface area contributed by atoms with Crippen molar-refractivity contribution in [3.05, 3.63) is 12.4 Å². The average molecular weight is 140 g/mol. The minimum absolute atomic E-state index is 0.0562. The topological polar surface area (TPSA) is 68.4 Å². The van der Waals surface area contributed by atoms with Gasteiger partial charge in [0.05, 0.1) is 19.5 Å². The van der Waals surface area contributed by atoms with Gasteiger partial charge < -0.3 is 15.6 Å². The SMILES string of the molecule is COc1cncc(O)c1N. The molecule has 0 bridgehead atoms. The van der Waals surface area contributed by atoms with Gasteiger partial charge in [-0.3, -0.25) is 4.98 Å². The second-order valence-corrected chi connectivity index (χ2v) is 1.77. The van der Waals surface area contributed by atoms with E-state index < -0.39 is 0 Å². The number of hydrogen-bond acceptors (Lipinski definition) is 4. The minimum atomic E-state index is -0.0562. The highest BCUT2D eigenvalue weighted by Gasteiger charge is 2.02. The van der Waals surface area contributed by atoms with Crippen molar-refractivity contribution in [2.24, 2.45) is 0 Å². The van der Waals surface area contributed by atoms with Crippen LogP contribution in [-0.4, -0.2) is 17.2 Å². The van der Waals surface area contributed by atoms with E-state index in [4.69, 9.17) is 15.6 Å². The van der Waals surface area contributed by atoms with Crippen molar-refractivity contribution < 1.29 is 9.84 Å². The predicted molar refractivity (Wildman–Crippen MR) is 36.9 cm³/mol. The van der Waals surface area contributed by atoms with E-state index in [1.54, 1.807) is 0 Å². The van der Waals surface area contributed by atoms with E-state index in [0.29, 0.717) is 5.75 Å². The highest BCUT2D eigenvalue weighted by molar-refractivity contribution is 5.59. The molecule has 4 nitrogen and oxygen atoms in total. The van der Waals surface area contributed by atoms with Gasteiger partial charge >= 0.3 is 0 Å². The summed E-state index contributed by atoms with van der Waals surface area (Å²) in [4.78, 5) is 3.66. The molecule has 0 radical (unpaired) electrons. The Morgan fingerprint density at radius 2 is 2.30 bits per heavy atom. The smallest absolute Gasteiger partial charge is 0.163 e. The van der Waals surface area contributed by atoms with E-state index in [1.165, 1.54) is 19.5 Å². The molecule has 3 N–H and O–H groups in total. The lowest BCUT2D eigenvalue weighted by atomic mass is 10.4. The predicted octanol–water partition coefficient (Wildman–Crippen LogP) is 0.378.